The zero-order valence-electron chi connectivity index (χ0n) is 16.0. The number of rotatable bonds is 6. The normalized spacial score (nSPS) is 22.4. The summed E-state index contributed by atoms with van der Waals surface area (Å²) in [6.45, 7) is 3.95. The lowest BCUT2D eigenvalue weighted by molar-refractivity contribution is -0.140. The van der Waals surface area contributed by atoms with Gasteiger partial charge in [0, 0.05) is 23.7 Å². The van der Waals surface area contributed by atoms with Crippen LogP contribution in [0.5, 0.6) is 0 Å². The number of benzene rings is 1. The molecule has 27 heavy (non-hydrogen) atoms. The third kappa shape index (κ3) is 5.13. The lowest BCUT2D eigenvalue weighted by atomic mass is 9.82. The second kappa shape index (κ2) is 9.41. The predicted octanol–water partition coefficient (Wildman–Crippen LogP) is 4.72. The Hall–Kier alpha value is -1.81. The molecule has 1 aliphatic heterocycles. The molecule has 1 saturated carbocycles. The number of nitrogens with zero attached hydrogens (tertiary/aromatic N) is 1. The zero-order valence-corrected chi connectivity index (χ0v) is 16.7. The molecular weight excluding hydrogens is 362 g/mol. The third-order valence-corrected chi connectivity index (χ3v) is 5.95. The van der Waals surface area contributed by atoms with Gasteiger partial charge in [0.05, 0.1) is 13.0 Å². The minimum atomic E-state index is -0.429. The van der Waals surface area contributed by atoms with Gasteiger partial charge in [0.2, 0.25) is 5.91 Å². The van der Waals surface area contributed by atoms with Crippen LogP contribution in [-0.2, 0) is 14.3 Å². The number of esters is 1. The number of hydrogen-bond donors (Lipinski definition) is 0. The number of hydrogen-bond acceptors (Lipinski definition) is 3. The number of ether oxygens (including phenoxy) is 1. The Morgan fingerprint density at radius 3 is 2.48 bits per heavy atom. The number of carbonyl (C=O) groups is 2. The smallest absolute Gasteiger partial charge is 0.334 e. The average Bonchev–Trinajstić information content (AvgIpc) is 3.11. The molecule has 0 radical (unpaired) electrons. The van der Waals surface area contributed by atoms with Gasteiger partial charge in [-0.3, -0.25) is 4.79 Å². The van der Waals surface area contributed by atoms with Crippen molar-refractivity contribution in [3.05, 3.63) is 40.4 Å². The maximum Gasteiger partial charge on any atom is 0.334 e. The number of carbonyl (C=O) groups excluding carboxylic acids is 2. The lowest BCUT2D eigenvalue weighted by Gasteiger charge is -2.22. The second-order valence-corrected chi connectivity index (χ2v) is 8.01. The summed E-state index contributed by atoms with van der Waals surface area (Å²) >= 11 is 6.23. The summed E-state index contributed by atoms with van der Waals surface area (Å²) in [4.78, 5) is 27.4. The lowest BCUT2D eigenvalue weighted by Crippen LogP contribution is -2.30. The van der Waals surface area contributed by atoms with Crippen molar-refractivity contribution < 1.29 is 14.3 Å². The largest absolute Gasteiger partial charge is 0.462 e. The topological polar surface area (TPSA) is 46.6 Å². The SMILES string of the molecule is CCCOC(=O)C(=Cc1ccccc1Cl)CC(=O)N1C[C@H]2CCCC[C@H]2C1. The fourth-order valence-electron chi connectivity index (χ4n) is 4.13. The van der Waals surface area contributed by atoms with Gasteiger partial charge in [0.25, 0.3) is 0 Å². The Morgan fingerprint density at radius 2 is 1.85 bits per heavy atom. The van der Waals surface area contributed by atoms with Gasteiger partial charge in [-0.15, -0.1) is 0 Å². The van der Waals surface area contributed by atoms with Gasteiger partial charge >= 0.3 is 5.97 Å². The molecule has 1 saturated heterocycles. The highest BCUT2D eigenvalue weighted by atomic mass is 35.5. The molecule has 0 aromatic heterocycles. The summed E-state index contributed by atoms with van der Waals surface area (Å²) in [6.07, 6.45) is 7.47. The van der Waals surface area contributed by atoms with E-state index in [1.807, 2.05) is 30.0 Å². The number of amides is 1. The molecule has 0 spiro atoms. The number of halogens is 1. The summed E-state index contributed by atoms with van der Waals surface area (Å²) in [5.74, 6) is 0.842. The van der Waals surface area contributed by atoms with Crippen LogP contribution in [0, 0.1) is 11.8 Å². The van der Waals surface area contributed by atoms with E-state index in [-0.39, 0.29) is 12.3 Å². The fraction of sp³-hybridized carbons (Fsp3) is 0.545. The predicted molar refractivity (Wildman–Crippen MR) is 107 cm³/mol. The second-order valence-electron chi connectivity index (χ2n) is 7.61. The molecule has 5 heteroatoms. The quantitative estimate of drug-likeness (QED) is 0.522. The summed E-state index contributed by atoms with van der Waals surface area (Å²) in [6, 6.07) is 7.31. The molecule has 1 heterocycles. The number of likely N-dealkylation sites (tertiary alicyclic amines) is 1. The Balaban J connectivity index is 1.73. The fourth-order valence-corrected chi connectivity index (χ4v) is 4.32. The first-order valence-electron chi connectivity index (χ1n) is 9.98. The summed E-state index contributed by atoms with van der Waals surface area (Å²) in [5, 5.41) is 0.554. The van der Waals surface area contributed by atoms with E-state index in [9.17, 15) is 9.59 Å². The molecule has 3 rings (SSSR count). The number of fused-ring (bicyclic) bond motifs is 1. The molecule has 1 amide bonds. The van der Waals surface area contributed by atoms with Crippen LogP contribution in [0.4, 0.5) is 0 Å². The summed E-state index contributed by atoms with van der Waals surface area (Å²) < 4.78 is 5.30. The molecule has 1 aliphatic carbocycles. The van der Waals surface area contributed by atoms with Crippen molar-refractivity contribution in [1.29, 1.82) is 0 Å². The summed E-state index contributed by atoms with van der Waals surface area (Å²) in [5.41, 5.74) is 1.10. The highest BCUT2D eigenvalue weighted by molar-refractivity contribution is 6.32. The van der Waals surface area contributed by atoms with Crippen molar-refractivity contribution in [3.8, 4) is 0 Å². The molecule has 2 fully saturated rings. The van der Waals surface area contributed by atoms with Crippen LogP contribution >= 0.6 is 11.6 Å². The monoisotopic (exact) mass is 389 g/mol. The van der Waals surface area contributed by atoms with Crippen LogP contribution in [0.15, 0.2) is 29.8 Å². The van der Waals surface area contributed by atoms with Crippen LogP contribution in [0.2, 0.25) is 5.02 Å². The maximum atomic E-state index is 12.9. The van der Waals surface area contributed by atoms with Gasteiger partial charge < -0.3 is 9.64 Å². The van der Waals surface area contributed by atoms with Gasteiger partial charge in [0.15, 0.2) is 0 Å². The van der Waals surface area contributed by atoms with E-state index in [4.69, 9.17) is 16.3 Å². The first kappa shape index (κ1) is 19.9. The average molecular weight is 390 g/mol. The van der Waals surface area contributed by atoms with Gasteiger partial charge in [-0.1, -0.05) is 49.6 Å². The van der Waals surface area contributed by atoms with Gasteiger partial charge in [-0.2, -0.15) is 0 Å². The molecule has 4 nitrogen and oxygen atoms in total. The van der Waals surface area contributed by atoms with Crippen molar-refractivity contribution in [2.45, 2.75) is 45.4 Å². The molecule has 146 valence electrons. The first-order valence-corrected chi connectivity index (χ1v) is 10.4. The van der Waals surface area contributed by atoms with Crippen molar-refractivity contribution in [2.24, 2.45) is 11.8 Å². The van der Waals surface area contributed by atoms with Gasteiger partial charge in [0.1, 0.15) is 0 Å². The van der Waals surface area contributed by atoms with Crippen molar-refractivity contribution in [2.75, 3.05) is 19.7 Å². The molecule has 1 aromatic carbocycles. The van der Waals surface area contributed by atoms with E-state index in [2.05, 4.69) is 0 Å². The zero-order chi connectivity index (χ0) is 19.2. The standard InChI is InChI=1S/C22H28ClNO3/c1-2-11-27-22(26)19(12-16-7-5-6-10-20(16)23)13-21(25)24-14-17-8-3-4-9-18(17)15-24/h5-7,10,12,17-18H,2-4,8-9,11,13-15H2,1H3/t17-,18+. The first-order chi connectivity index (χ1) is 13.1. The van der Waals surface area contributed by atoms with E-state index in [0.29, 0.717) is 29.0 Å². The van der Waals surface area contributed by atoms with Crippen molar-refractivity contribution in [3.63, 3.8) is 0 Å². The Morgan fingerprint density at radius 1 is 1.19 bits per heavy atom. The van der Waals surface area contributed by atoms with Crippen LogP contribution in [0.1, 0.15) is 51.0 Å². The molecule has 0 unspecified atom stereocenters. The van der Waals surface area contributed by atoms with E-state index >= 15 is 0 Å². The van der Waals surface area contributed by atoms with E-state index in [0.717, 1.165) is 25.1 Å². The highest BCUT2D eigenvalue weighted by Gasteiger charge is 2.36. The Kier molecular flexibility index (Phi) is 6.95. The van der Waals surface area contributed by atoms with E-state index < -0.39 is 5.97 Å². The Labute approximate surface area is 166 Å². The van der Waals surface area contributed by atoms with E-state index in [1.54, 1.807) is 12.1 Å². The van der Waals surface area contributed by atoms with Crippen LogP contribution < -0.4 is 0 Å². The highest BCUT2D eigenvalue weighted by Crippen LogP contribution is 2.36. The third-order valence-electron chi connectivity index (χ3n) is 5.61. The minimum absolute atomic E-state index is 0.0103. The van der Waals surface area contributed by atoms with Crippen LogP contribution in [0.3, 0.4) is 0 Å². The molecule has 1 aromatic rings. The summed E-state index contributed by atoms with van der Waals surface area (Å²) in [7, 11) is 0. The Bertz CT molecular complexity index is 701. The molecule has 0 N–H and O–H groups in total. The molecule has 0 bridgehead atoms. The van der Waals surface area contributed by atoms with Crippen LogP contribution in [-0.4, -0.2) is 36.5 Å². The molecule has 2 aliphatic rings. The molecule has 2 atom stereocenters. The van der Waals surface area contributed by atoms with Crippen LogP contribution in [0.25, 0.3) is 6.08 Å². The maximum absolute atomic E-state index is 12.9. The van der Waals surface area contributed by atoms with Crippen molar-refractivity contribution >= 4 is 29.6 Å². The minimum Gasteiger partial charge on any atom is -0.462 e. The molecular formula is C22H28ClNO3. The van der Waals surface area contributed by atoms with E-state index in [1.165, 1.54) is 25.7 Å². The van der Waals surface area contributed by atoms with Gasteiger partial charge in [-0.25, -0.2) is 4.79 Å². The van der Waals surface area contributed by atoms with Gasteiger partial charge in [-0.05, 0) is 48.8 Å². The van der Waals surface area contributed by atoms with Crippen molar-refractivity contribution in [1.82, 2.24) is 4.90 Å².